The van der Waals surface area contributed by atoms with Crippen molar-refractivity contribution in [3.8, 4) is 5.75 Å². The molecule has 2 aromatic carbocycles. The number of halogens is 1. The predicted molar refractivity (Wildman–Crippen MR) is 79.6 cm³/mol. The Labute approximate surface area is 121 Å². The van der Waals surface area contributed by atoms with Gasteiger partial charge in [0.15, 0.2) is 0 Å². The molecule has 0 radical (unpaired) electrons. The van der Waals surface area contributed by atoms with Gasteiger partial charge < -0.3 is 4.74 Å². The fourth-order valence-electron chi connectivity index (χ4n) is 1.96. The monoisotopic (exact) mass is 292 g/mol. The molecule has 0 fully saturated rings. The van der Waals surface area contributed by atoms with Crippen molar-refractivity contribution in [3.05, 3.63) is 65.5 Å². The van der Waals surface area contributed by atoms with Crippen LogP contribution in [0.3, 0.4) is 0 Å². The smallest absolute Gasteiger partial charge is 0.123 e. The standard InChI is InChI=1S/C16H17FO2S/c1-2-19-16-9-4-3-7-14(16)12-20(18)11-13-6-5-8-15(17)10-13/h3-10H,2,11-12H2,1H3. The molecule has 0 aliphatic heterocycles. The Morgan fingerprint density at radius 1 is 1.10 bits per heavy atom. The average molecular weight is 292 g/mol. The summed E-state index contributed by atoms with van der Waals surface area (Å²) in [6.45, 7) is 2.49. The van der Waals surface area contributed by atoms with E-state index in [0.29, 0.717) is 18.1 Å². The lowest BCUT2D eigenvalue weighted by Gasteiger charge is -2.09. The van der Waals surface area contributed by atoms with Gasteiger partial charge in [-0.15, -0.1) is 0 Å². The molecule has 1 atom stereocenters. The summed E-state index contributed by atoms with van der Waals surface area (Å²) >= 11 is 0. The van der Waals surface area contributed by atoms with E-state index in [9.17, 15) is 8.60 Å². The SMILES string of the molecule is CCOc1ccccc1CS(=O)Cc1cccc(F)c1. The first kappa shape index (κ1) is 14.7. The van der Waals surface area contributed by atoms with Crippen LogP contribution in [-0.2, 0) is 22.3 Å². The van der Waals surface area contributed by atoms with E-state index >= 15 is 0 Å². The molecule has 2 aromatic rings. The summed E-state index contributed by atoms with van der Waals surface area (Å²) in [5, 5.41) is 0. The summed E-state index contributed by atoms with van der Waals surface area (Å²) in [7, 11) is -1.09. The topological polar surface area (TPSA) is 26.3 Å². The Morgan fingerprint density at radius 2 is 1.90 bits per heavy atom. The first-order chi connectivity index (χ1) is 9.69. The molecule has 0 aromatic heterocycles. The minimum atomic E-state index is -1.09. The van der Waals surface area contributed by atoms with Crippen molar-refractivity contribution in [3.63, 3.8) is 0 Å². The zero-order valence-corrected chi connectivity index (χ0v) is 12.2. The van der Waals surface area contributed by atoms with Crippen LogP contribution in [0.2, 0.25) is 0 Å². The van der Waals surface area contributed by atoms with E-state index in [-0.39, 0.29) is 5.82 Å². The minimum Gasteiger partial charge on any atom is -0.494 e. The van der Waals surface area contributed by atoms with E-state index < -0.39 is 10.8 Å². The second kappa shape index (κ2) is 7.20. The molecule has 4 heteroatoms. The molecule has 0 aliphatic rings. The highest BCUT2D eigenvalue weighted by molar-refractivity contribution is 7.83. The van der Waals surface area contributed by atoms with Crippen molar-refractivity contribution in [2.75, 3.05) is 6.61 Å². The Hall–Kier alpha value is -1.68. The molecule has 0 saturated carbocycles. The molecule has 2 nitrogen and oxygen atoms in total. The molecule has 0 amide bonds. The number of hydrogen-bond donors (Lipinski definition) is 0. The van der Waals surface area contributed by atoms with Crippen LogP contribution < -0.4 is 4.74 Å². The van der Waals surface area contributed by atoms with Crippen LogP contribution in [0.1, 0.15) is 18.1 Å². The van der Waals surface area contributed by atoms with E-state index in [1.807, 2.05) is 31.2 Å². The lowest BCUT2D eigenvalue weighted by molar-refractivity contribution is 0.337. The summed E-state index contributed by atoms with van der Waals surface area (Å²) in [5.74, 6) is 1.22. The molecule has 1 unspecified atom stereocenters. The number of benzene rings is 2. The number of hydrogen-bond acceptors (Lipinski definition) is 2. The summed E-state index contributed by atoms with van der Waals surface area (Å²) in [4.78, 5) is 0. The van der Waals surface area contributed by atoms with Crippen LogP contribution in [-0.4, -0.2) is 10.8 Å². The summed E-state index contributed by atoms with van der Waals surface area (Å²) in [5.41, 5.74) is 1.67. The molecular formula is C16H17FO2S. The van der Waals surface area contributed by atoms with E-state index in [1.54, 1.807) is 12.1 Å². The lowest BCUT2D eigenvalue weighted by Crippen LogP contribution is -2.03. The maximum Gasteiger partial charge on any atom is 0.123 e. The maximum absolute atomic E-state index is 13.1. The van der Waals surface area contributed by atoms with Crippen LogP contribution in [0.4, 0.5) is 4.39 Å². The molecule has 0 saturated heterocycles. The van der Waals surface area contributed by atoms with Gasteiger partial charge in [0, 0.05) is 22.1 Å². The van der Waals surface area contributed by atoms with Crippen molar-refractivity contribution >= 4 is 10.8 Å². The molecule has 2 rings (SSSR count). The van der Waals surface area contributed by atoms with Gasteiger partial charge in [0.2, 0.25) is 0 Å². The third-order valence-electron chi connectivity index (χ3n) is 2.81. The molecule has 20 heavy (non-hydrogen) atoms. The van der Waals surface area contributed by atoms with Gasteiger partial charge in [0.05, 0.1) is 12.4 Å². The van der Waals surface area contributed by atoms with E-state index in [0.717, 1.165) is 16.9 Å². The fraction of sp³-hybridized carbons (Fsp3) is 0.250. The largest absolute Gasteiger partial charge is 0.494 e. The summed E-state index contributed by atoms with van der Waals surface area (Å²) in [6.07, 6.45) is 0. The second-order valence-corrected chi connectivity index (χ2v) is 5.86. The van der Waals surface area contributed by atoms with Crippen LogP contribution in [0, 0.1) is 5.82 Å². The maximum atomic E-state index is 13.1. The molecule has 0 N–H and O–H groups in total. The quantitative estimate of drug-likeness (QED) is 0.812. The van der Waals surface area contributed by atoms with Gasteiger partial charge in [0.25, 0.3) is 0 Å². The Kier molecular flexibility index (Phi) is 5.30. The Balaban J connectivity index is 2.05. The van der Waals surface area contributed by atoms with E-state index in [4.69, 9.17) is 4.74 Å². The van der Waals surface area contributed by atoms with Crippen LogP contribution in [0.25, 0.3) is 0 Å². The van der Waals surface area contributed by atoms with Gasteiger partial charge in [-0.2, -0.15) is 0 Å². The zero-order chi connectivity index (χ0) is 14.4. The molecule has 0 aliphatic carbocycles. The van der Waals surface area contributed by atoms with Crippen molar-refractivity contribution in [2.45, 2.75) is 18.4 Å². The summed E-state index contributed by atoms with van der Waals surface area (Å²) < 4.78 is 30.8. The van der Waals surface area contributed by atoms with Gasteiger partial charge in [-0.3, -0.25) is 4.21 Å². The van der Waals surface area contributed by atoms with Crippen molar-refractivity contribution in [1.82, 2.24) is 0 Å². The highest BCUT2D eigenvalue weighted by Gasteiger charge is 2.08. The lowest BCUT2D eigenvalue weighted by atomic mass is 10.2. The van der Waals surface area contributed by atoms with E-state index in [2.05, 4.69) is 0 Å². The highest BCUT2D eigenvalue weighted by Crippen LogP contribution is 2.20. The van der Waals surface area contributed by atoms with E-state index in [1.165, 1.54) is 12.1 Å². The van der Waals surface area contributed by atoms with Crippen molar-refractivity contribution in [2.24, 2.45) is 0 Å². The average Bonchev–Trinajstić information content (AvgIpc) is 2.41. The number of rotatable bonds is 6. The zero-order valence-electron chi connectivity index (χ0n) is 11.3. The second-order valence-electron chi connectivity index (χ2n) is 4.40. The van der Waals surface area contributed by atoms with Crippen LogP contribution in [0.15, 0.2) is 48.5 Å². The normalized spacial score (nSPS) is 12.1. The van der Waals surface area contributed by atoms with Gasteiger partial charge in [0.1, 0.15) is 11.6 Å². The van der Waals surface area contributed by atoms with Gasteiger partial charge >= 0.3 is 0 Å². The number of para-hydroxylation sites is 1. The highest BCUT2D eigenvalue weighted by atomic mass is 32.2. The first-order valence-electron chi connectivity index (χ1n) is 6.49. The molecular weight excluding hydrogens is 275 g/mol. The van der Waals surface area contributed by atoms with Crippen molar-refractivity contribution < 1.29 is 13.3 Å². The first-order valence-corrected chi connectivity index (χ1v) is 7.98. The molecule has 0 heterocycles. The third-order valence-corrected chi connectivity index (χ3v) is 4.09. The van der Waals surface area contributed by atoms with Crippen LogP contribution in [0.5, 0.6) is 5.75 Å². The number of ether oxygens (including phenoxy) is 1. The predicted octanol–water partition coefficient (Wildman–Crippen LogP) is 3.67. The minimum absolute atomic E-state index is 0.297. The van der Waals surface area contributed by atoms with Gasteiger partial charge in [-0.1, -0.05) is 30.3 Å². The van der Waals surface area contributed by atoms with Crippen LogP contribution >= 0.6 is 0 Å². The van der Waals surface area contributed by atoms with Crippen molar-refractivity contribution in [1.29, 1.82) is 0 Å². The fourth-order valence-corrected chi connectivity index (χ4v) is 3.20. The van der Waals surface area contributed by atoms with Gasteiger partial charge in [-0.05, 0) is 30.7 Å². The molecule has 0 spiro atoms. The Morgan fingerprint density at radius 3 is 2.65 bits per heavy atom. The Bertz CT molecular complexity index is 599. The third kappa shape index (κ3) is 4.17. The molecule has 0 bridgehead atoms. The summed E-state index contributed by atoms with van der Waals surface area (Å²) in [6, 6.07) is 13.8. The molecule has 106 valence electrons. The van der Waals surface area contributed by atoms with Gasteiger partial charge in [-0.25, -0.2) is 4.39 Å².